The van der Waals surface area contributed by atoms with Crippen molar-refractivity contribution < 1.29 is 19.6 Å². The number of phenolic OH excluding ortho intramolecular Hbond substituents is 1. The van der Waals surface area contributed by atoms with Crippen LogP contribution in [-0.4, -0.2) is 44.0 Å². The van der Waals surface area contributed by atoms with Crippen molar-refractivity contribution in [3.63, 3.8) is 0 Å². The van der Waals surface area contributed by atoms with E-state index in [4.69, 9.17) is 4.74 Å². The number of nitro groups is 1. The molecule has 3 rings (SSSR count). The quantitative estimate of drug-likeness (QED) is 0.351. The third-order valence-electron chi connectivity index (χ3n) is 3.85. The molecule has 0 saturated heterocycles. The van der Waals surface area contributed by atoms with Crippen molar-refractivity contribution >= 4 is 18.1 Å². The average Bonchev–Trinajstić information content (AvgIpc) is 3.17. The maximum absolute atomic E-state index is 12.0. The summed E-state index contributed by atoms with van der Waals surface area (Å²) in [6.45, 7) is 0.190. The zero-order valence-electron chi connectivity index (χ0n) is 15.2. The van der Waals surface area contributed by atoms with Gasteiger partial charge in [-0.1, -0.05) is 17.1 Å². The fourth-order valence-corrected chi connectivity index (χ4v) is 2.51. The highest BCUT2D eigenvalue weighted by atomic mass is 16.6. The van der Waals surface area contributed by atoms with Crippen LogP contribution < -0.4 is 10.2 Å². The Kier molecular flexibility index (Phi) is 5.78. The van der Waals surface area contributed by atoms with Gasteiger partial charge < -0.3 is 20.0 Å². The molecule has 2 aromatic carbocycles. The van der Waals surface area contributed by atoms with Gasteiger partial charge in [-0.2, -0.15) is 9.78 Å². The largest absolute Gasteiger partial charge is 0.507 e. The van der Waals surface area contributed by atoms with E-state index in [1.165, 1.54) is 36.5 Å². The number of hydrogen-bond donors (Lipinski definition) is 2. The second-order valence-electron chi connectivity index (χ2n) is 5.79. The fourth-order valence-electron chi connectivity index (χ4n) is 2.51. The van der Waals surface area contributed by atoms with E-state index in [2.05, 4.69) is 20.6 Å². The number of phenols is 1. The van der Waals surface area contributed by atoms with Crippen molar-refractivity contribution in [3.05, 3.63) is 75.6 Å². The zero-order valence-corrected chi connectivity index (χ0v) is 15.2. The molecule has 0 atom stereocenters. The van der Waals surface area contributed by atoms with Gasteiger partial charge in [0.1, 0.15) is 11.5 Å². The highest BCUT2D eigenvalue weighted by Gasteiger charge is 2.15. The molecule has 3 aromatic rings. The summed E-state index contributed by atoms with van der Waals surface area (Å²) in [6, 6.07) is 11.3. The van der Waals surface area contributed by atoms with Crippen LogP contribution >= 0.6 is 0 Å². The Labute approximate surface area is 164 Å². The van der Waals surface area contributed by atoms with Gasteiger partial charge in [-0.3, -0.25) is 4.79 Å². The molecule has 0 unspecified atom stereocenters. The van der Waals surface area contributed by atoms with Gasteiger partial charge in [0.15, 0.2) is 0 Å². The number of benzene rings is 2. The molecular weight excluding hydrogens is 380 g/mol. The Morgan fingerprint density at radius 3 is 2.86 bits per heavy atom. The number of methoxy groups -OCH3 is 1. The molecule has 11 nitrogen and oxygen atoms in total. The number of hydrogen-bond acceptors (Lipinski definition) is 8. The van der Waals surface area contributed by atoms with Gasteiger partial charge in [0.2, 0.25) is 6.33 Å². The first kappa shape index (κ1) is 19.5. The fraction of sp³-hybridized carbons (Fsp3) is 0.111. The minimum absolute atomic E-state index is 0.104. The smallest absolute Gasteiger partial charge is 0.490 e. The number of rotatable bonds is 7. The Balaban J connectivity index is 1.73. The van der Waals surface area contributed by atoms with E-state index in [0.29, 0.717) is 16.9 Å². The van der Waals surface area contributed by atoms with Crippen molar-refractivity contribution in [1.82, 2.24) is 20.2 Å². The lowest BCUT2D eigenvalue weighted by molar-refractivity contribution is -0.394. The van der Waals surface area contributed by atoms with E-state index < -0.39 is 16.8 Å². The van der Waals surface area contributed by atoms with Crippen molar-refractivity contribution in [1.29, 1.82) is 0 Å². The Morgan fingerprint density at radius 2 is 2.17 bits per heavy atom. The molecule has 0 aliphatic rings. The number of carbonyl (C=O) groups excluding carboxylic acids is 1. The molecule has 0 aliphatic heterocycles. The highest BCUT2D eigenvalue weighted by molar-refractivity contribution is 5.97. The van der Waals surface area contributed by atoms with Crippen molar-refractivity contribution in [2.75, 3.05) is 7.11 Å². The predicted molar refractivity (Wildman–Crippen MR) is 102 cm³/mol. The van der Waals surface area contributed by atoms with Gasteiger partial charge in [0, 0.05) is 10.7 Å². The lowest BCUT2D eigenvalue weighted by atomic mass is 10.1. The van der Waals surface area contributed by atoms with E-state index >= 15 is 0 Å². The summed E-state index contributed by atoms with van der Waals surface area (Å²) < 4.78 is 6.62. The number of nitrogens with one attached hydrogen (secondary N) is 1. The van der Waals surface area contributed by atoms with Crippen LogP contribution in [0.4, 0.5) is 5.95 Å². The molecule has 0 saturated carbocycles. The number of ether oxygens (including phenoxy) is 1. The van der Waals surface area contributed by atoms with Crippen LogP contribution in [0.15, 0.2) is 53.9 Å². The van der Waals surface area contributed by atoms with Crippen LogP contribution in [0.2, 0.25) is 0 Å². The number of para-hydroxylation sites is 1. The molecule has 0 aliphatic carbocycles. The number of carbonyl (C=O) groups is 1. The molecule has 0 spiro atoms. The number of hydrazone groups is 1. The number of aromatic hydroxyl groups is 1. The normalized spacial score (nSPS) is 10.8. The van der Waals surface area contributed by atoms with Crippen LogP contribution in [0, 0.1) is 10.1 Å². The minimum Gasteiger partial charge on any atom is -0.507 e. The van der Waals surface area contributed by atoms with Crippen LogP contribution in [0.25, 0.3) is 0 Å². The van der Waals surface area contributed by atoms with Gasteiger partial charge in [-0.15, -0.1) is 0 Å². The summed E-state index contributed by atoms with van der Waals surface area (Å²) in [5.74, 6) is -0.635. The lowest BCUT2D eigenvalue weighted by Gasteiger charge is -2.08. The van der Waals surface area contributed by atoms with Crippen LogP contribution in [-0.2, 0) is 6.54 Å². The van der Waals surface area contributed by atoms with Gasteiger partial charge in [0.05, 0.1) is 25.4 Å². The Morgan fingerprint density at radius 1 is 1.38 bits per heavy atom. The molecule has 11 heteroatoms. The first-order valence-electron chi connectivity index (χ1n) is 8.30. The number of amides is 1. The standard InChI is InChI=1S/C18H16N6O5/c1-29-16-7-6-12(8-13(16)10-23-11-19-18(22-23)24(27)28)9-20-21-17(26)14-4-2-3-5-15(14)25/h2-9,11,25H,10H2,1H3,(H,21,26). The lowest BCUT2D eigenvalue weighted by Crippen LogP contribution is -2.17. The van der Waals surface area contributed by atoms with E-state index in [9.17, 15) is 20.0 Å². The summed E-state index contributed by atoms with van der Waals surface area (Å²) in [4.78, 5) is 25.7. The van der Waals surface area contributed by atoms with E-state index in [1.807, 2.05) is 0 Å². The summed E-state index contributed by atoms with van der Waals surface area (Å²) in [7, 11) is 1.50. The zero-order chi connectivity index (χ0) is 20.8. The van der Waals surface area contributed by atoms with Gasteiger partial charge >= 0.3 is 5.95 Å². The SMILES string of the molecule is COc1ccc(C=NNC(=O)c2ccccc2O)cc1Cn1cnc([N+](=O)[O-])n1. The maximum Gasteiger partial charge on any atom is 0.490 e. The highest BCUT2D eigenvalue weighted by Crippen LogP contribution is 2.20. The third kappa shape index (κ3) is 4.71. The molecule has 148 valence electrons. The van der Waals surface area contributed by atoms with Crippen LogP contribution in [0.3, 0.4) is 0 Å². The third-order valence-corrected chi connectivity index (χ3v) is 3.85. The van der Waals surface area contributed by atoms with E-state index in [0.717, 1.165) is 0 Å². The summed E-state index contributed by atoms with van der Waals surface area (Å²) >= 11 is 0. The monoisotopic (exact) mass is 396 g/mol. The topological polar surface area (TPSA) is 145 Å². The molecule has 2 N–H and O–H groups in total. The molecule has 1 amide bonds. The average molecular weight is 396 g/mol. The summed E-state index contributed by atoms with van der Waals surface area (Å²) in [6.07, 6.45) is 2.68. The second kappa shape index (κ2) is 8.61. The van der Waals surface area contributed by atoms with E-state index in [-0.39, 0.29) is 17.9 Å². The first-order valence-corrected chi connectivity index (χ1v) is 8.30. The molecular formula is C18H16N6O5. The summed E-state index contributed by atoms with van der Waals surface area (Å²) in [5, 5.41) is 28.1. The van der Waals surface area contributed by atoms with Crippen molar-refractivity contribution in [2.45, 2.75) is 6.54 Å². The number of aromatic nitrogens is 3. The van der Waals surface area contributed by atoms with Crippen molar-refractivity contribution in [3.8, 4) is 11.5 Å². The second-order valence-corrected chi connectivity index (χ2v) is 5.79. The summed E-state index contributed by atoms with van der Waals surface area (Å²) in [5.41, 5.74) is 3.77. The molecule has 0 fully saturated rings. The van der Waals surface area contributed by atoms with Gasteiger partial charge in [-0.05, 0) is 40.8 Å². The molecule has 0 radical (unpaired) electrons. The molecule has 29 heavy (non-hydrogen) atoms. The Hall–Kier alpha value is -4.28. The predicted octanol–water partition coefficient (Wildman–Crippen LogP) is 1.71. The van der Waals surface area contributed by atoms with Gasteiger partial charge in [0.25, 0.3) is 5.91 Å². The molecule has 1 aromatic heterocycles. The maximum atomic E-state index is 12.0. The van der Waals surface area contributed by atoms with Crippen LogP contribution in [0.5, 0.6) is 11.5 Å². The number of nitrogens with zero attached hydrogens (tertiary/aromatic N) is 5. The Bertz CT molecular complexity index is 1080. The van der Waals surface area contributed by atoms with Crippen LogP contribution in [0.1, 0.15) is 21.5 Å². The van der Waals surface area contributed by atoms with E-state index in [1.54, 1.807) is 30.3 Å². The minimum atomic E-state index is -0.677. The first-order chi connectivity index (χ1) is 14.0. The van der Waals surface area contributed by atoms with Gasteiger partial charge in [-0.25, -0.2) is 5.43 Å². The molecule has 1 heterocycles. The molecule has 0 bridgehead atoms. The van der Waals surface area contributed by atoms with Crippen molar-refractivity contribution in [2.24, 2.45) is 5.10 Å².